The molecule has 1 N–H and O–H groups in total. The Balaban J connectivity index is 1.36. The Kier molecular flexibility index (Phi) is 5.59. The highest BCUT2D eigenvalue weighted by molar-refractivity contribution is 5.94. The lowest BCUT2D eigenvalue weighted by molar-refractivity contribution is -0.0395. The number of para-hydroxylation sites is 1. The summed E-state index contributed by atoms with van der Waals surface area (Å²) in [6, 6.07) is 6.07. The van der Waals surface area contributed by atoms with Crippen LogP contribution in [0.4, 0.5) is 4.39 Å². The first kappa shape index (κ1) is 18.9. The molecule has 0 saturated carbocycles. The van der Waals surface area contributed by atoms with Gasteiger partial charge in [0.15, 0.2) is 11.4 Å². The number of rotatable bonds is 5. The summed E-state index contributed by atoms with van der Waals surface area (Å²) in [5.41, 5.74) is 0.111. The Morgan fingerprint density at radius 3 is 2.79 bits per heavy atom. The van der Waals surface area contributed by atoms with Crippen molar-refractivity contribution < 1.29 is 23.8 Å². The Morgan fingerprint density at radius 2 is 2.07 bits per heavy atom. The Labute approximate surface area is 162 Å². The summed E-state index contributed by atoms with van der Waals surface area (Å²) in [6.45, 7) is 2.47. The van der Waals surface area contributed by atoms with Gasteiger partial charge in [0.1, 0.15) is 11.5 Å². The van der Waals surface area contributed by atoms with Crippen LogP contribution >= 0.6 is 0 Å². The van der Waals surface area contributed by atoms with Crippen molar-refractivity contribution in [2.24, 2.45) is 0 Å². The van der Waals surface area contributed by atoms with E-state index in [4.69, 9.17) is 9.47 Å². The largest absolute Gasteiger partial charge is 0.504 e. The van der Waals surface area contributed by atoms with E-state index < -0.39 is 5.82 Å². The summed E-state index contributed by atoms with van der Waals surface area (Å²) >= 11 is 0. The predicted octanol–water partition coefficient (Wildman–Crippen LogP) is 2.52. The summed E-state index contributed by atoms with van der Waals surface area (Å²) in [6.07, 6.45) is 5.14. The van der Waals surface area contributed by atoms with Crippen molar-refractivity contribution in [3.05, 3.63) is 42.0 Å². The second kappa shape index (κ2) is 8.28. The highest BCUT2D eigenvalue weighted by Crippen LogP contribution is 2.24. The van der Waals surface area contributed by atoms with E-state index in [0.29, 0.717) is 19.7 Å². The fraction of sp³-hybridized carbons (Fsp3) is 0.500. The number of halogens is 1. The van der Waals surface area contributed by atoms with Gasteiger partial charge in [-0.1, -0.05) is 12.1 Å². The fourth-order valence-corrected chi connectivity index (χ4v) is 3.67. The molecule has 3 heterocycles. The van der Waals surface area contributed by atoms with Crippen LogP contribution in [-0.4, -0.2) is 64.2 Å². The molecule has 2 saturated heterocycles. The normalized spacial score (nSPS) is 20.6. The number of benzene rings is 1. The van der Waals surface area contributed by atoms with E-state index in [0.717, 1.165) is 32.3 Å². The monoisotopic (exact) mass is 389 g/mol. The average molecular weight is 389 g/mol. The summed E-state index contributed by atoms with van der Waals surface area (Å²) in [4.78, 5) is 14.4. The molecule has 0 radical (unpaired) electrons. The minimum Gasteiger partial charge on any atom is -0.504 e. The van der Waals surface area contributed by atoms with Crippen LogP contribution in [0.15, 0.2) is 30.5 Å². The topological polar surface area (TPSA) is 76.8 Å². The lowest BCUT2D eigenvalue weighted by Crippen LogP contribution is -2.41. The van der Waals surface area contributed by atoms with Gasteiger partial charge < -0.3 is 19.5 Å². The Morgan fingerprint density at radius 1 is 1.29 bits per heavy atom. The van der Waals surface area contributed by atoms with Gasteiger partial charge in [0.05, 0.1) is 25.0 Å². The molecule has 4 rings (SSSR count). The fourth-order valence-electron chi connectivity index (χ4n) is 3.67. The maximum absolute atomic E-state index is 13.9. The van der Waals surface area contributed by atoms with Crippen LogP contribution in [0, 0.1) is 5.82 Å². The third-order valence-corrected chi connectivity index (χ3v) is 5.27. The molecular formula is C20H24FN3O4. The van der Waals surface area contributed by atoms with E-state index >= 15 is 0 Å². The second-order valence-electron chi connectivity index (χ2n) is 7.22. The molecule has 1 aromatic carbocycles. The number of carbonyl (C=O) groups is 1. The molecule has 2 aliphatic heterocycles. The number of aromatic nitrogens is 2. The third-order valence-electron chi connectivity index (χ3n) is 5.27. The zero-order valence-corrected chi connectivity index (χ0v) is 15.6. The van der Waals surface area contributed by atoms with Crippen LogP contribution < -0.4 is 0 Å². The van der Waals surface area contributed by atoms with Crippen LogP contribution in [0.3, 0.4) is 0 Å². The lowest BCUT2D eigenvalue weighted by Gasteiger charge is -2.32. The predicted molar refractivity (Wildman–Crippen MR) is 99.0 cm³/mol. The standard InChI is InChI=1S/C20H24FN3O4/c21-16-5-1-2-6-17(16)24-12-18(25)19(22-24)20(26)23-9-7-14(8-10-23)28-13-15-4-3-11-27-15/h1-2,5-6,12,14-15,25H,3-4,7-11,13H2. The summed E-state index contributed by atoms with van der Waals surface area (Å²) in [7, 11) is 0. The van der Waals surface area contributed by atoms with Gasteiger partial charge in [0, 0.05) is 19.7 Å². The second-order valence-corrected chi connectivity index (χ2v) is 7.22. The summed E-state index contributed by atoms with van der Waals surface area (Å²) < 4.78 is 26.6. The molecule has 1 amide bonds. The average Bonchev–Trinajstić information content (AvgIpc) is 3.36. The van der Waals surface area contributed by atoms with Gasteiger partial charge in [-0.05, 0) is 37.8 Å². The van der Waals surface area contributed by atoms with Gasteiger partial charge >= 0.3 is 0 Å². The number of nitrogens with zero attached hydrogens (tertiary/aromatic N) is 3. The van der Waals surface area contributed by atoms with Gasteiger partial charge in [0.2, 0.25) is 0 Å². The number of likely N-dealkylation sites (tertiary alicyclic amines) is 1. The lowest BCUT2D eigenvalue weighted by atomic mass is 10.1. The first-order valence-corrected chi connectivity index (χ1v) is 9.68. The molecule has 0 spiro atoms. The number of carbonyl (C=O) groups excluding carboxylic acids is 1. The number of hydrogen-bond donors (Lipinski definition) is 1. The van der Waals surface area contributed by atoms with Gasteiger partial charge in [0.25, 0.3) is 5.91 Å². The van der Waals surface area contributed by atoms with Crippen molar-refractivity contribution in [1.82, 2.24) is 14.7 Å². The smallest absolute Gasteiger partial charge is 0.278 e. The number of ether oxygens (including phenoxy) is 2. The third kappa shape index (κ3) is 4.02. The molecule has 28 heavy (non-hydrogen) atoms. The van der Waals surface area contributed by atoms with E-state index in [1.54, 1.807) is 17.0 Å². The molecule has 1 unspecified atom stereocenters. The zero-order valence-electron chi connectivity index (χ0n) is 15.6. The molecule has 2 aromatic rings. The zero-order chi connectivity index (χ0) is 19.5. The van der Waals surface area contributed by atoms with Crippen molar-refractivity contribution in [3.8, 4) is 11.4 Å². The molecule has 7 nitrogen and oxygen atoms in total. The first-order chi connectivity index (χ1) is 13.6. The van der Waals surface area contributed by atoms with Gasteiger partial charge in [-0.3, -0.25) is 4.79 Å². The van der Waals surface area contributed by atoms with Crippen LogP contribution in [0.25, 0.3) is 5.69 Å². The van der Waals surface area contributed by atoms with Crippen molar-refractivity contribution >= 4 is 5.91 Å². The maximum atomic E-state index is 13.9. The minimum absolute atomic E-state index is 0.0676. The number of hydrogen-bond acceptors (Lipinski definition) is 5. The van der Waals surface area contributed by atoms with Crippen molar-refractivity contribution in [3.63, 3.8) is 0 Å². The van der Waals surface area contributed by atoms with Gasteiger partial charge in [-0.25, -0.2) is 9.07 Å². The first-order valence-electron chi connectivity index (χ1n) is 9.68. The van der Waals surface area contributed by atoms with Crippen LogP contribution in [0.5, 0.6) is 5.75 Å². The molecule has 2 aliphatic rings. The number of aromatic hydroxyl groups is 1. The molecule has 0 aliphatic carbocycles. The molecule has 0 bridgehead atoms. The van der Waals surface area contributed by atoms with E-state index in [9.17, 15) is 14.3 Å². The summed E-state index contributed by atoms with van der Waals surface area (Å²) in [5, 5.41) is 14.3. The highest BCUT2D eigenvalue weighted by atomic mass is 19.1. The SMILES string of the molecule is O=C(c1nn(-c2ccccc2F)cc1O)N1CCC(OCC2CCCO2)CC1. The van der Waals surface area contributed by atoms with Gasteiger partial charge in [-0.15, -0.1) is 0 Å². The van der Waals surface area contributed by atoms with E-state index in [-0.39, 0.29) is 35.2 Å². The van der Waals surface area contributed by atoms with Crippen LogP contribution in [0.1, 0.15) is 36.2 Å². The molecule has 8 heteroatoms. The molecule has 1 aromatic heterocycles. The van der Waals surface area contributed by atoms with Crippen molar-refractivity contribution in [2.75, 3.05) is 26.3 Å². The maximum Gasteiger partial charge on any atom is 0.278 e. The minimum atomic E-state index is -0.479. The molecule has 150 valence electrons. The quantitative estimate of drug-likeness (QED) is 0.850. The molecule has 1 atom stereocenters. The van der Waals surface area contributed by atoms with E-state index in [1.807, 2.05) is 0 Å². The van der Waals surface area contributed by atoms with E-state index in [1.165, 1.54) is 23.0 Å². The molecular weight excluding hydrogens is 365 g/mol. The Hall–Kier alpha value is -2.45. The Bertz CT molecular complexity index is 827. The highest BCUT2D eigenvalue weighted by Gasteiger charge is 2.28. The molecule has 2 fully saturated rings. The summed E-state index contributed by atoms with van der Waals surface area (Å²) in [5.74, 6) is -1.09. The van der Waals surface area contributed by atoms with Crippen LogP contribution in [-0.2, 0) is 9.47 Å². The van der Waals surface area contributed by atoms with Crippen molar-refractivity contribution in [1.29, 1.82) is 0 Å². The van der Waals surface area contributed by atoms with Crippen molar-refractivity contribution in [2.45, 2.75) is 37.9 Å². The number of piperidine rings is 1. The van der Waals surface area contributed by atoms with Crippen LogP contribution in [0.2, 0.25) is 0 Å². The van der Waals surface area contributed by atoms with E-state index in [2.05, 4.69) is 5.10 Å². The number of amides is 1. The van der Waals surface area contributed by atoms with Gasteiger partial charge in [-0.2, -0.15) is 5.10 Å².